The summed E-state index contributed by atoms with van der Waals surface area (Å²) in [5.41, 5.74) is 6.59. The molecule has 1 rings (SSSR count). The third-order valence-corrected chi connectivity index (χ3v) is 3.41. The molecule has 0 radical (unpaired) electrons. The van der Waals surface area contributed by atoms with Crippen molar-refractivity contribution < 1.29 is 9.90 Å². The molecule has 1 atom stereocenters. The smallest absolute Gasteiger partial charge is 0.303 e. The molecule has 0 bridgehead atoms. The fourth-order valence-electron chi connectivity index (χ4n) is 1.65. The Kier molecular flexibility index (Phi) is 4.10. The van der Waals surface area contributed by atoms with E-state index in [1.54, 1.807) is 0 Å². The second kappa shape index (κ2) is 4.97. The van der Waals surface area contributed by atoms with Crippen LogP contribution in [0.5, 0.6) is 0 Å². The van der Waals surface area contributed by atoms with Crippen molar-refractivity contribution in [3.63, 3.8) is 0 Å². The Morgan fingerprint density at radius 1 is 1.50 bits per heavy atom. The number of halogens is 1. The van der Waals surface area contributed by atoms with Gasteiger partial charge in [0.1, 0.15) is 0 Å². The summed E-state index contributed by atoms with van der Waals surface area (Å²) in [6.07, 6.45) is 0.0511. The van der Waals surface area contributed by atoms with Gasteiger partial charge in [0.05, 0.1) is 6.42 Å². The predicted octanol–water partition coefficient (Wildman–Crippen LogP) is 2.95. The summed E-state index contributed by atoms with van der Waals surface area (Å²) in [5, 5.41) is 8.85. The highest BCUT2D eigenvalue weighted by Crippen LogP contribution is 2.37. The second-order valence-corrected chi connectivity index (χ2v) is 5.41. The van der Waals surface area contributed by atoms with Crippen LogP contribution in [-0.4, -0.2) is 11.1 Å². The number of carbonyl (C=O) groups is 1. The van der Waals surface area contributed by atoms with E-state index in [4.69, 9.17) is 10.8 Å². The van der Waals surface area contributed by atoms with Crippen molar-refractivity contribution in [2.24, 2.45) is 11.1 Å². The van der Waals surface area contributed by atoms with Crippen LogP contribution in [0.25, 0.3) is 0 Å². The van der Waals surface area contributed by atoms with Gasteiger partial charge >= 0.3 is 5.97 Å². The fraction of sp³-hybridized carbons (Fsp3) is 0.417. The highest BCUT2D eigenvalue weighted by atomic mass is 79.9. The van der Waals surface area contributed by atoms with Crippen LogP contribution in [0, 0.1) is 5.41 Å². The standard InChI is InChI=1S/C12H16BrNO2/c1-12(2,7-10(15)16)11(14)8-5-3-4-6-9(8)13/h3-6,11H,7,14H2,1-2H3,(H,15,16). The van der Waals surface area contributed by atoms with Crippen molar-refractivity contribution >= 4 is 21.9 Å². The molecule has 0 amide bonds. The van der Waals surface area contributed by atoms with E-state index in [2.05, 4.69) is 15.9 Å². The summed E-state index contributed by atoms with van der Waals surface area (Å²) in [5.74, 6) is -0.826. The van der Waals surface area contributed by atoms with E-state index in [0.29, 0.717) is 0 Å². The van der Waals surface area contributed by atoms with E-state index in [9.17, 15) is 4.79 Å². The molecule has 0 saturated heterocycles. The minimum atomic E-state index is -0.826. The van der Waals surface area contributed by atoms with Gasteiger partial charge < -0.3 is 10.8 Å². The van der Waals surface area contributed by atoms with Crippen molar-refractivity contribution in [2.75, 3.05) is 0 Å². The third kappa shape index (κ3) is 3.06. The molecule has 0 aliphatic carbocycles. The van der Waals surface area contributed by atoms with Gasteiger partial charge in [0.25, 0.3) is 0 Å². The molecule has 4 heteroatoms. The molecule has 88 valence electrons. The lowest BCUT2D eigenvalue weighted by Crippen LogP contribution is -2.31. The lowest BCUT2D eigenvalue weighted by Gasteiger charge is -2.31. The Morgan fingerprint density at radius 2 is 2.06 bits per heavy atom. The lowest BCUT2D eigenvalue weighted by atomic mass is 9.78. The molecule has 0 spiro atoms. The van der Waals surface area contributed by atoms with Gasteiger partial charge in [-0.25, -0.2) is 0 Å². The van der Waals surface area contributed by atoms with Crippen molar-refractivity contribution in [1.29, 1.82) is 0 Å². The molecule has 16 heavy (non-hydrogen) atoms. The Morgan fingerprint density at radius 3 is 2.56 bits per heavy atom. The summed E-state index contributed by atoms with van der Waals surface area (Å²) < 4.78 is 0.918. The van der Waals surface area contributed by atoms with Crippen molar-refractivity contribution in [3.8, 4) is 0 Å². The Labute approximate surface area is 104 Å². The molecule has 0 heterocycles. The molecule has 3 N–H and O–H groups in total. The number of hydrogen-bond donors (Lipinski definition) is 2. The molecule has 0 aromatic heterocycles. The largest absolute Gasteiger partial charge is 0.481 e. The van der Waals surface area contributed by atoms with Crippen LogP contribution in [0.15, 0.2) is 28.7 Å². The van der Waals surface area contributed by atoms with Gasteiger partial charge in [0.15, 0.2) is 0 Å². The molecule has 0 aliphatic heterocycles. The van der Waals surface area contributed by atoms with Crippen LogP contribution >= 0.6 is 15.9 Å². The Balaban J connectivity index is 2.97. The molecule has 1 aromatic carbocycles. The van der Waals surface area contributed by atoms with E-state index < -0.39 is 11.4 Å². The van der Waals surface area contributed by atoms with Gasteiger partial charge in [0.2, 0.25) is 0 Å². The van der Waals surface area contributed by atoms with Crippen LogP contribution in [0.2, 0.25) is 0 Å². The highest BCUT2D eigenvalue weighted by Gasteiger charge is 2.31. The zero-order valence-corrected chi connectivity index (χ0v) is 11.0. The van der Waals surface area contributed by atoms with E-state index in [1.165, 1.54) is 0 Å². The molecular formula is C12H16BrNO2. The number of carboxylic acids is 1. The fourth-order valence-corrected chi connectivity index (χ4v) is 2.18. The molecule has 0 fully saturated rings. The predicted molar refractivity (Wildman–Crippen MR) is 67.1 cm³/mol. The Bertz CT molecular complexity index is 390. The average Bonchev–Trinajstić information content (AvgIpc) is 2.15. The summed E-state index contributed by atoms with van der Waals surface area (Å²) >= 11 is 3.43. The number of benzene rings is 1. The minimum Gasteiger partial charge on any atom is -0.481 e. The summed E-state index contributed by atoms with van der Waals surface area (Å²) in [6.45, 7) is 3.73. The lowest BCUT2D eigenvalue weighted by molar-refractivity contribution is -0.139. The molecule has 0 saturated carbocycles. The van der Waals surface area contributed by atoms with E-state index in [0.717, 1.165) is 10.0 Å². The normalized spacial score (nSPS) is 13.5. The number of aliphatic carboxylic acids is 1. The molecular weight excluding hydrogens is 270 g/mol. The number of nitrogens with two attached hydrogens (primary N) is 1. The van der Waals surface area contributed by atoms with Crippen LogP contribution in [0.3, 0.4) is 0 Å². The maximum absolute atomic E-state index is 10.8. The first-order valence-corrected chi connectivity index (χ1v) is 5.85. The van der Waals surface area contributed by atoms with Gasteiger partial charge in [-0.05, 0) is 17.0 Å². The van der Waals surface area contributed by atoms with Crippen LogP contribution in [0.1, 0.15) is 31.9 Å². The summed E-state index contributed by atoms with van der Waals surface area (Å²) in [7, 11) is 0. The first-order chi connectivity index (χ1) is 7.34. The maximum atomic E-state index is 10.8. The SMILES string of the molecule is CC(C)(CC(=O)O)C(N)c1ccccc1Br. The van der Waals surface area contributed by atoms with Crippen LogP contribution < -0.4 is 5.73 Å². The monoisotopic (exact) mass is 285 g/mol. The zero-order chi connectivity index (χ0) is 12.3. The maximum Gasteiger partial charge on any atom is 0.303 e. The van der Waals surface area contributed by atoms with Crippen LogP contribution in [-0.2, 0) is 4.79 Å². The number of hydrogen-bond acceptors (Lipinski definition) is 2. The molecule has 3 nitrogen and oxygen atoms in total. The van der Waals surface area contributed by atoms with Gasteiger partial charge in [-0.2, -0.15) is 0 Å². The first kappa shape index (κ1) is 13.2. The first-order valence-electron chi connectivity index (χ1n) is 5.06. The second-order valence-electron chi connectivity index (χ2n) is 4.56. The zero-order valence-electron chi connectivity index (χ0n) is 9.40. The number of rotatable bonds is 4. The topological polar surface area (TPSA) is 63.3 Å². The quantitative estimate of drug-likeness (QED) is 0.894. The minimum absolute atomic E-state index is 0.0511. The van der Waals surface area contributed by atoms with Gasteiger partial charge in [-0.3, -0.25) is 4.79 Å². The Hall–Kier alpha value is -0.870. The van der Waals surface area contributed by atoms with Crippen molar-refractivity contribution in [2.45, 2.75) is 26.3 Å². The van der Waals surface area contributed by atoms with E-state index in [1.807, 2.05) is 38.1 Å². The average molecular weight is 286 g/mol. The van der Waals surface area contributed by atoms with Gasteiger partial charge in [-0.15, -0.1) is 0 Å². The molecule has 1 aromatic rings. The van der Waals surface area contributed by atoms with E-state index in [-0.39, 0.29) is 12.5 Å². The summed E-state index contributed by atoms with van der Waals surface area (Å²) in [6, 6.07) is 7.32. The van der Waals surface area contributed by atoms with Crippen LogP contribution in [0.4, 0.5) is 0 Å². The van der Waals surface area contributed by atoms with Crippen molar-refractivity contribution in [1.82, 2.24) is 0 Å². The molecule has 1 unspecified atom stereocenters. The van der Waals surface area contributed by atoms with Crippen molar-refractivity contribution in [3.05, 3.63) is 34.3 Å². The summed E-state index contributed by atoms with van der Waals surface area (Å²) in [4.78, 5) is 10.8. The van der Waals surface area contributed by atoms with E-state index >= 15 is 0 Å². The van der Waals surface area contributed by atoms with Gasteiger partial charge in [-0.1, -0.05) is 48.0 Å². The molecule has 0 aliphatic rings. The number of carboxylic acid groups (broad SMARTS) is 1. The third-order valence-electron chi connectivity index (χ3n) is 2.69. The van der Waals surface area contributed by atoms with Gasteiger partial charge in [0, 0.05) is 10.5 Å². The highest BCUT2D eigenvalue weighted by molar-refractivity contribution is 9.10.